The molecule has 1 amide bonds. The van der Waals surface area contributed by atoms with Crippen LogP contribution in [0.1, 0.15) is 19.4 Å². The Morgan fingerprint density at radius 2 is 1.76 bits per heavy atom. The molecule has 2 heterocycles. The quantitative estimate of drug-likeness (QED) is 0.308. The molecule has 0 atom stereocenters. The molecule has 1 saturated heterocycles. The number of morpholine rings is 1. The second-order valence-corrected chi connectivity index (χ2v) is 10.00. The fraction of sp³-hybridized carbons (Fsp3) is 0.323. The first-order valence-electron chi connectivity index (χ1n) is 13.2. The lowest BCUT2D eigenvalue weighted by Gasteiger charge is -2.28. The van der Waals surface area contributed by atoms with Crippen molar-refractivity contribution in [2.24, 2.45) is 5.92 Å². The van der Waals surface area contributed by atoms with Crippen molar-refractivity contribution < 1.29 is 14.3 Å². The highest BCUT2D eigenvalue weighted by Crippen LogP contribution is 2.30. The number of rotatable bonds is 9. The van der Waals surface area contributed by atoms with Gasteiger partial charge in [0.15, 0.2) is 6.61 Å². The Morgan fingerprint density at radius 1 is 0.974 bits per heavy atom. The van der Waals surface area contributed by atoms with Gasteiger partial charge in [-0.1, -0.05) is 56.3 Å². The Hall–Kier alpha value is -3.97. The largest absolute Gasteiger partial charge is 0.484 e. The second kappa shape index (κ2) is 12.0. The lowest BCUT2D eigenvalue weighted by molar-refractivity contribution is -0.134. The van der Waals surface area contributed by atoms with Gasteiger partial charge in [-0.05, 0) is 52.9 Å². The van der Waals surface area contributed by atoms with Crippen LogP contribution in [0.2, 0.25) is 0 Å². The van der Waals surface area contributed by atoms with Crippen LogP contribution in [-0.2, 0) is 16.1 Å². The molecule has 0 unspecified atom stereocenters. The van der Waals surface area contributed by atoms with Crippen molar-refractivity contribution in [3.05, 3.63) is 84.7 Å². The first-order valence-corrected chi connectivity index (χ1v) is 13.2. The molecule has 0 spiro atoms. The van der Waals surface area contributed by atoms with Gasteiger partial charge in [0.2, 0.25) is 0 Å². The minimum atomic E-state index is -0.0223. The van der Waals surface area contributed by atoms with Crippen LogP contribution in [0.4, 0.5) is 5.82 Å². The summed E-state index contributed by atoms with van der Waals surface area (Å²) in [7, 11) is 0. The third-order valence-corrected chi connectivity index (χ3v) is 6.60. The molecule has 1 aromatic heterocycles. The Bertz CT molecular complexity index is 1370. The van der Waals surface area contributed by atoms with Crippen LogP contribution < -0.4 is 9.64 Å². The maximum absolute atomic E-state index is 13.1. The van der Waals surface area contributed by atoms with Gasteiger partial charge in [0.25, 0.3) is 5.91 Å². The molecule has 0 saturated carbocycles. The SMILES string of the molecule is CC(C)CN(Cc1cccc(-c2ccc3ncnc(N4CCOCC4)c3c2)c1)C(=O)COc1ccccc1. The number of carbonyl (C=O) groups excluding carboxylic acids is 1. The maximum Gasteiger partial charge on any atom is 0.260 e. The summed E-state index contributed by atoms with van der Waals surface area (Å²) in [6.07, 6.45) is 1.63. The number of para-hydroxylation sites is 1. The highest BCUT2D eigenvalue weighted by molar-refractivity contribution is 5.93. The van der Waals surface area contributed by atoms with Gasteiger partial charge in [0, 0.05) is 31.6 Å². The zero-order chi connectivity index (χ0) is 26.3. The summed E-state index contributed by atoms with van der Waals surface area (Å²) in [5.74, 6) is 1.97. The summed E-state index contributed by atoms with van der Waals surface area (Å²) >= 11 is 0. The number of aromatic nitrogens is 2. The number of hydrogen-bond donors (Lipinski definition) is 0. The normalized spacial score (nSPS) is 13.6. The van der Waals surface area contributed by atoms with Crippen LogP contribution >= 0.6 is 0 Å². The van der Waals surface area contributed by atoms with E-state index in [1.54, 1.807) is 6.33 Å². The minimum absolute atomic E-state index is 0.0193. The van der Waals surface area contributed by atoms with Gasteiger partial charge in [-0.15, -0.1) is 0 Å². The smallest absolute Gasteiger partial charge is 0.260 e. The summed E-state index contributed by atoms with van der Waals surface area (Å²) in [4.78, 5) is 26.4. The Kier molecular flexibility index (Phi) is 8.14. The molecule has 1 aliphatic heterocycles. The number of amides is 1. The van der Waals surface area contributed by atoms with Crippen molar-refractivity contribution in [3.8, 4) is 16.9 Å². The summed E-state index contributed by atoms with van der Waals surface area (Å²) in [5, 5.41) is 1.03. The van der Waals surface area contributed by atoms with Crippen LogP contribution in [0.15, 0.2) is 79.1 Å². The van der Waals surface area contributed by atoms with Gasteiger partial charge in [-0.3, -0.25) is 4.79 Å². The van der Waals surface area contributed by atoms with E-state index in [4.69, 9.17) is 9.47 Å². The van der Waals surface area contributed by atoms with Crippen molar-refractivity contribution in [3.63, 3.8) is 0 Å². The van der Waals surface area contributed by atoms with Gasteiger partial charge in [0.1, 0.15) is 17.9 Å². The average molecular weight is 511 g/mol. The molecule has 0 bridgehead atoms. The molecule has 7 nitrogen and oxygen atoms in total. The molecular formula is C31H34N4O3. The fourth-order valence-corrected chi connectivity index (χ4v) is 4.77. The number of fused-ring (bicyclic) bond motifs is 1. The van der Waals surface area contributed by atoms with Crippen molar-refractivity contribution in [1.82, 2.24) is 14.9 Å². The standard InChI is InChI=1S/C31H34N4O3/c1-23(2)19-35(30(36)21-38-27-9-4-3-5-10-27)20-24-7-6-8-25(17-24)26-11-12-29-28(18-26)31(33-22-32-29)34-13-15-37-16-14-34/h3-12,17-18,22-23H,13-16,19-21H2,1-2H3. The summed E-state index contributed by atoms with van der Waals surface area (Å²) in [6, 6.07) is 24.2. The van der Waals surface area contributed by atoms with Crippen LogP contribution in [-0.4, -0.2) is 60.2 Å². The molecule has 4 aromatic rings. The van der Waals surface area contributed by atoms with E-state index in [9.17, 15) is 4.79 Å². The van der Waals surface area contributed by atoms with E-state index in [-0.39, 0.29) is 12.5 Å². The van der Waals surface area contributed by atoms with Crippen molar-refractivity contribution in [2.45, 2.75) is 20.4 Å². The molecular weight excluding hydrogens is 476 g/mol. The molecule has 1 aliphatic rings. The van der Waals surface area contributed by atoms with Crippen LogP contribution in [0.5, 0.6) is 5.75 Å². The maximum atomic E-state index is 13.1. The average Bonchev–Trinajstić information content (AvgIpc) is 2.96. The van der Waals surface area contributed by atoms with Gasteiger partial charge in [-0.25, -0.2) is 9.97 Å². The summed E-state index contributed by atoms with van der Waals surface area (Å²) in [6.45, 7) is 8.50. The Labute approximate surface area is 224 Å². The van der Waals surface area contributed by atoms with Gasteiger partial charge >= 0.3 is 0 Å². The van der Waals surface area contributed by atoms with Crippen LogP contribution in [0, 0.1) is 5.92 Å². The van der Waals surface area contributed by atoms with Crippen LogP contribution in [0.25, 0.3) is 22.0 Å². The van der Waals surface area contributed by atoms with E-state index in [1.165, 1.54) is 0 Å². The molecule has 196 valence electrons. The first-order chi connectivity index (χ1) is 18.6. The van der Waals surface area contributed by atoms with Gasteiger partial charge < -0.3 is 19.3 Å². The van der Waals surface area contributed by atoms with E-state index in [1.807, 2.05) is 35.2 Å². The van der Waals surface area contributed by atoms with E-state index >= 15 is 0 Å². The third kappa shape index (κ3) is 6.29. The van der Waals surface area contributed by atoms with Crippen molar-refractivity contribution in [2.75, 3.05) is 44.4 Å². The predicted octanol–water partition coefficient (Wildman–Crippen LogP) is 5.20. The lowest BCUT2D eigenvalue weighted by atomic mass is 10.0. The molecule has 1 fully saturated rings. The second-order valence-electron chi connectivity index (χ2n) is 10.00. The molecule has 0 radical (unpaired) electrons. The zero-order valence-corrected chi connectivity index (χ0v) is 22.0. The zero-order valence-electron chi connectivity index (χ0n) is 22.0. The molecule has 38 heavy (non-hydrogen) atoms. The molecule has 3 aromatic carbocycles. The van der Waals surface area contributed by atoms with Gasteiger partial charge in [0.05, 0.1) is 18.7 Å². The van der Waals surface area contributed by atoms with E-state index in [0.717, 1.165) is 46.5 Å². The highest BCUT2D eigenvalue weighted by atomic mass is 16.5. The van der Waals surface area contributed by atoms with Gasteiger partial charge in [-0.2, -0.15) is 0 Å². The molecule has 5 rings (SSSR count). The highest BCUT2D eigenvalue weighted by Gasteiger charge is 2.18. The Balaban J connectivity index is 1.36. The number of nitrogens with zero attached hydrogens (tertiary/aromatic N) is 4. The number of ether oxygens (including phenoxy) is 2. The monoisotopic (exact) mass is 510 g/mol. The molecule has 7 heteroatoms. The topological polar surface area (TPSA) is 67.8 Å². The van der Waals surface area contributed by atoms with E-state index in [0.29, 0.717) is 38.0 Å². The summed E-state index contributed by atoms with van der Waals surface area (Å²) < 4.78 is 11.3. The Morgan fingerprint density at radius 3 is 2.55 bits per heavy atom. The van der Waals surface area contributed by atoms with E-state index < -0.39 is 0 Å². The first kappa shape index (κ1) is 25.7. The van der Waals surface area contributed by atoms with Crippen molar-refractivity contribution in [1.29, 1.82) is 0 Å². The lowest BCUT2D eigenvalue weighted by Crippen LogP contribution is -2.37. The number of hydrogen-bond acceptors (Lipinski definition) is 6. The van der Waals surface area contributed by atoms with Crippen LogP contribution in [0.3, 0.4) is 0 Å². The number of anilines is 1. The molecule has 0 aliphatic carbocycles. The number of benzene rings is 3. The number of carbonyl (C=O) groups is 1. The third-order valence-electron chi connectivity index (χ3n) is 6.60. The summed E-state index contributed by atoms with van der Waals surface area (Å²) in [5.41, 5.74) is 4.19. The molecule has 0 N–H and O–H groups in total. The van der Waals surface area contributed by atoms with E-state index in [2.05, 4.69) is 71.2 Å². The van der Waals surface area contributed by atoms with Crippen molar-refractivity contribution >= 4 is 22.6 Å². The predicted molar refractivity (Wildman–Crippen MR) is 150 cm³/mol. The minimum Gasteiger partial charge on any atom is -0.484 e. The fourth-order valence-electron chi connectivity index (χ4n) is 4.77.